The lowest BCUT2D eigenvalue weighted by Gasteiger charge is -1.94. The highest BCUT2D eigenvalue weighted by Gasteiger charge is 2.08. The Balaban J connectivity index is 2.30. The van der Waals surface area contributed by atoms with E-state index in [-0.39, 0.29) is 5.56 Å². The molecular weight excluding hydrogens is 314 g/mol. The molecule has 0 bridgehead atoms. The zero-order valence-corrected chi connectivity index (χ0v) is 11.8. The van der Waals surface area contributed by atoms with Gasteiger partial charge in [-0.05, 0) is 24.6 Å². The second-order valence-electron chi connectivity index (χ2n) is 3.80. The third-order valence-electron chi connectivity index (χ3n) is 2.60. The first-order valence-corrected chi connectivity index (χ1v) is 6.88. The molecule has 0 radical (unpaired) electrons. The Morgan fingerprint density at radius 3 is 2.83 bits per heavy atom. The number of benzene rings is 1. The summed E-state index contributed by atoms with van der Waals surface area (Å²) in [6.07, 6.45) is 1.87. The molecule has 0 aliphatic rings. The molecular formula is C12H8BrN3OS. The summed E-state index contributed by atoms with van der Waals surface area (Å²) in [7, 11) is 0. The van der Waals surface area contributed by atoms with Crippen molar-refractivity contribution in [3.8, 4) is 0 Å². The van der Waals surface area contributed by atoms with Crippen LogP contribution in [0.4, 0.5) is 0 Å². The average Bonchev–Trinajstić information content (AvgIpc) is 2.85. The number of halogens is 1. The van der Waals surface area contributed by atoms with Crippen LogP contribution in [-0.4, -0.2) is 14.6 Å². The zero-order valence-electron chi connectivity index (χ0n) is 9.42. The molecule has 6 heteroatoms. The monoisotopic (exact) mass is 321 g/mol. The summed E-state index contributed by atoms with van der Waals surface area (Å²) >= 11 is 4.81. The van der Waals surface area contributed by atoms with Crippen LogP contribution in [0.5, 0.6) is 0 Å². The van der Waals surface area contributed by atoms with Crippen molar-refractivity contribution in [2.24, 2.45) is 0 Å². The van der Waals surface area contributed by atoms with Crippen LogP contribution >= 0.6 is 27.3 Å². The van der Waals surface area contributed by atoms with Gasteiger partial charge < -0.3 is 0 Å². The van der Waals surface area contributed by atoms with Crippen molar-refractivity contribution in [3.63, 3.8) is 0 Å². The Hall–Kier alpha value is -1.53. The van der Waals surface area contributed by atoms with Crippen LogP contribution < -0.4 is 10.1 Å². The molecule has 18 heavy (non-hydrogen) atoms. The largest absolute Gasteiger partial charge is 0.275 e. The van der Waals surface area contributed by atoms with Crippen molar-refractivity contribution in [1.29, 1.82) is 0 Å². The number of fused-ring (bicyclic) bond motifs is 1. The van der Waals surface area contributed by atoms with Gasteiger partial charge in [-0.1, -0.05) is 45.5 Å². The second-order valence-corrected chi connectivity index (χ2v) is 5.67. The lowest BCUT2D eigenvalue weighted by Crippen LogP contribution is -2.23. The summed E-state index contributed by atoms with van der Waals surface area (Å²) in [5.41, 5.74) is 0.915. The van der Waals surface area contributed by atoms with Crippen LogP contribution in [0.25, 0.3) is 11.0 Å². The third-order valence-corrected chi connectivity index (χ3v) is 4.28. The van der Waals surface area contributed by atoms with Crippen molar-refractivity contribution >= 4 is 38.3 Å². The minimum atomic E-state index is -0.0618. The molecule has 4 nitrogen and oxygen atoms in total. The molecule has 0 fully saturated rings. The van der Waals surface area contributed by atoms with E-state index < -0.39 is 0 Å². The summed E-state index contributed by atoms with van der Waals surface area (Å²) in [5, 5.41) is 7.85. The minimum Gasteiger partial charge on any atom is -0.267 e. The molecule has 0 aliphatic heterocycles. The smallest absolute Gasteiger partial charge is 0.267 e. The number of rotatable bonds is 1. The molecule has 3 rings (SSSR count). The SMILES string of the molecule is Cc1nnc2s/c(=C\c3ccccc3Br)c(=O)n12. The molecule has 2 heterocycles. The lowest BCUT2D eigenvalue weighted by atomic mass is 10.2. The second kappa shape index (κ2) is 4.29. The number of hydrogen-bond acceptors (Lipinski definition) is 4. The molecule has 2 aromatic heterocycles. The van der Waals surface area contributed by atoms with E-state index in [4.69, 9.17) is 0 Å². The van der Waals surface area contributed by atoms with Gasteiger partial charge in [0.25, 0.3) is 5.56 Å². The van der Waals surface area contributed by atoms with E-state index in [9.17, 15) is 4.79 Å². The van der Waals surface area contributed by atoms with Gasteiger partial charge in [-0.25, -0.2) is 4.40 Å². The Morgan fingerprint density at radius 2 is 2.11 bits per heavy atom. The molecule has 0 spiro atoms. The van der Waals surface area contributed by atoms with Crippen molar-refractivity contribution in [3.05, 3.63) is 55.0 Å². The molecule has 0 saturated heterocycles. The highest BCUT2D eigenvalue weighted by Crippen LogP contribution is 2.16. The van der Waals surface area contributed by atoms with Gasteiger partial charge >= 0.3 is 0 Å². The molecule has 1 aromatic carbocycles. The topological polar surface area (TPSA) is 47.3 Å². The number of aromatic nitrogens is 3. The van der Waals surface area contributed by atoms with Crippen LogP contribution in [0, 0.1) is 6.92 Å². The number of nitrogens with zero attached hydrogens (tertiary/aromatic N) is 3. The first kappa shape index (κ1) is 11.6. The maximum absolute atomic E-state index is 12.2. The van der Waals surface area contributed by atoms with Crippen LogP contribution in [0.2, 0.25) is 0 Å². The lowest BCUT2D eigenvalue weighted by molar-refractivity contribution is 0.984. The molecule has 90 valence electrons. The van der Waals surface area contributed by atoms with Crippen molar-refractivity contribution in [2.45, 2.75) is 6.92 Å². The van der Waals surface area contributed by atoms with Gasteiger partial charge in [0.15, 0.2) is 0 Å². The molecule has 0 amide bonds. The molecule has 0 N–H and O–H groups in total. The molecule has 0 saturated carbocycles. The predicted octanol–water partition coefficient (Wildman–Crippen LogP) is 1.77. The summed E-state index contributed by atoms with van der Waals surface area (Å²) in [6, 6.07) is 7.78. The Kier molecular flexibility index (Phi) is 2.76. The third kappa shape index (κ3) is 1.77. The van der Waals surface area contributed by atoms with Gasteiger partial charge in [0, 0.05) is 4.47 Å². The fourth-order valence-electron chi connectivity index (χ4n) is 1.72. The Bertz CT molecular complexity index is 837. The highest BCUT2D eigenvalue weighted by atomic mass is 79.9. The maximum atomic E-state index is 12.2. The quantitative estimate of drug-likeness (QED) is 0.686. The van der Waals surface area contributed by atoms with Gasteiger partial charge in [-0.15, -0.1) is 10.2 Å². The average molecular weight is 322 g/mol. The Labute approximate surface area is 115 Å². The van der Waals surface area contributed by atoms with Gasteiger partial charge in [-0.2, -0.15) is 0 Å². The minimum absolute atomic E-state index is 0.0618. The summed E-state index contributed by atoms with van der Waals surface area (Å²) in [4.78, 5) is 12.8. The first-order valence-electron chi connectivity index (χ1n) is 5.27. The van der Waals surface area contributed by atoms with Crippen molar-refractivity contribution in [2.75, 3.05) is 0 Å². The fourth-order valence-corrected chi connectivity index (χ4v) is 3.07. The number of aryl methyl sites for hydroxylation is 1. The predicted molar refractivity (Wildman–Crippen MR) is 74.8 cm³/mol. The van der Waals surface area contributed by atoms with Crippen LogP contribution in [-0.2, 0) is 0 Å². The Morgan fingerprint density at radius 1 is 1.33 bits per heavy atom. The van der Waals surface area contributed by atoms with Gasteiger partial charge in [0.05, 0.1) is 4.53 Å². The number of thiazole rings is 1. The highest BCUT2D eigenvalue weighted by molar-refractivity contribution is 9.10. The summed E-state index contributed by atoms with van der Waals surface area (Å²) in [6.45, 7) is 1.77. The normalized spacial score (nSPS) is 12.4. The van der Waals surface area contributed by atoms with E-state index in [1.165, 1.54) is 15.7 Å². The first-order chi connectivity index (χ1) is 8.66. The van der Waals surface area contributed by atoms with Crippen LogP contribution in [0.15, 0.2) is 33.5 Å². The van der Waals surface area contributed by atoms with Crippen LogP contribution in [0.3, 0.4) is 0 Å². The van der Waals surface area contributed by atoms with E-state index >= 15 is 0 Å². The standard InChI is InChI=1S/C12H8BrN3OS/c1-7-14-15-12-16(7)11(17)10(18-12)6-8-4-2-3-5-9(8)13/h2-6H,1H3/b10-6-. The van der Waals surface area contributed by atoms with Crippen molar-refractivity contribution in [1.82, 2.24) is 14.6 Å². The number of hydrogen-bond donors (Lipinski definition) is 0. The summed E-state index contributed by atoms with van der Waals surface area (Å²) < 4.78 is 3.16. The van der Waals surface area contributed by atoms with Gasteiger partial charge in [0.1, 0.15) is 5.82 Å². The zero-order chi connectivity index (χ0) is 12.7. The molecule has 0 unspecified atom stereocenters. The van der Waals surface area contributed by atoms with Gasteiger partial charge in [0.2, 0.25) is 4.96 Å². The molecule has 0 aliphatic carbocycles. The molecule has 3 aromatic rings. The fraction of sp³-hybridized carbons (Fsp3) is 0.0833. The van der Waals surface area contributed by atoms with Gasteiger partial charge in [-0.3, -0.25) is 4.79 Å². The van der Waals surface area contributed by atoms with E-state index in [1.807, 2.05) is 30.3 Å². The van der Waals surface area contributed by atoms with E-state index in [0.29, 0.717) is 15.3 Å². The van der Waals surface area contributed by atoms with E-state index in [1.54, 1.807) is 6.92 Å². The van der Waals surface area contributed by atoms with Crippen molar-refractivity contribution < 1.29 is 0 Å². The maximum Gasteiger partial charge on any atom is 0.275 e. The molecule has 0 atom stereocenters. The van der Waals surface area contributed by atoms with Crippen LogP contribution in [0.1, 0.15) is 11.4 Å². The van der Waals surface area contributed by atoms with E-state index in [0.717, 1.165) is 10.0 Å². The summed E-state index contributed by atoms with van der Waals surface area (Å²) in [5.74, 6) is 0.623. The van der Waals surface area contributed by atoms with E-state index in [2.05, 4.69) is 26.1 Å².